The van der Waals surface area contributed by atoms with Crippen molar-refractivity contribution in [3.63, 3.8) is 0 Å². The van der Waals surface area contributed by atoms with E-state index in [1.54, 1.807) is 0 Å². The van der Waals surface area contributed by atoms with Gasteiger partial charge in [-0.05, 0) is 39.3 Å². The molecule has 132 valence electrons. The molecule has 2 aromatic rings. The van der Waals surface area contributed by atoms with Crippen molar-refractivity contribution in [3.8, 4) is 18.1 Å². The van der Waals surface area contributed by atoms with Gasteiger partial charge >= 0.3 is 6.03 Å². The van der Waals surface area contributed by atoms with Gasteiger partial charge in [-0.25, -0.2) is 9.18 Å². The molecule has 2 amide bonds. The van der Waals surface area contributed by atoms with E-state index in [1.807, 2.05) is 20.8 Å². The molecule has 0 aliphatic heterocycles. The first-order valence-corrected chi connectivity index (χ1v) is 7.75. The SMILES string of the molecule is C#CCOc1ccc(F)cc1NC(=O)N[C@H](C)Cc1c(C)noc1C. The molecule has 1 aromatic heterocycles. The van der Waals surface area contributed by atoms with Crippen LogP contribution in [0.3, 0.4) is 0 Å². The van der Waals surface area contributed by atoms with Gasteiger partial charge in [0.15, 0.2) is 0 Å². The van der Waals surface area contributed by atoms with Crippen LogP contribution in [-0.4, -0.2) is 23.8 Å². The lowest BCUT2D eigenvalue weighted by Crippen LogP contribution is -2.37. The highest BCUT2D eigenvalue weighted by Gasteiger charge is 2.16. The Morgan fingerprint density at radius 2 is 2.24 bits per heavy atom. The molecule has 6 nitrogen and oxygen atoms in total. The minimum absolute atomic E-state index is 0.0182. The molecule has 0 spiro atoms. The second-order valence-corrected chi connectivity index (χ2v) is 5.64. The number of aromatic nitrogens is 1. The molecule has 2 N–H and O–H groups in total. The molecule has 0 aliphatic rings. The zero-order chi connectivity index (χ0) is 18.4. The number of ether oxygens (including phenoxy) is 1. The van der Waals surface area contributed by atoms with Gasteiger partial charge in [-0.1, -0.05) is 11.1 Å². The van der Waals surface area contributed by atoms with Crippen molar-refractivity contribution in [1.82, 2.24) is 10.5 Å². The first-order chi connectivity index (χ1) is 11.9. The van der Waals surface area contributed by atoms with E-state index in [1.165, 1.54) is 18.2 Å². The molecule has 0 saturated heterocycles. The van der Waals surface area contributed by atoms with Crippen molar-refractivity contribution in [3.05, 3.63) is 41.0 Å². The number of rotatable bonds is 6. The van der Waals surface area contributed by atoms with Crippen LogP contribution in [0.25, 0.3) is 0 Å². The summed E-state index contributed by atoms with van der Waals surface area (Å²) >= 11 is 0. The third-order valence-electron chi connectivity index (χ3n) is 3.57. The summed E-state index contributed by atoms with van der Waals surface area (Å²) in [6.45, 7) is 5.54. The molecule has 0 radical (unpaired) electrons. The maximum atomic E-state index is 13.4. The van der Waals surface area contributed by atoms with E-state index in [9.17, 15) is 9.18 Å². The topological polar surface area (TPSA) is 76.4 Å². The van der Waals surface area contributed by atoms with E-state index in [4.69, 9.17) is 15.7 Å². The number of terminal acetylenes is 1. The molecule has 1 atom stereocenters. The molecule has 25 heavy (non-hydrogen) atoms. The summed E-state index contributed by atoms with van der Waals surface area (Å²) in [5.41, 5.74) is 1.95. The zero-order valence-corrected chi connectivity index (χ0v) is 14.4. The van der Waals surface area contributed by atoms with Crippen LogP contribution in [0.15, 0.2) is 22.7 Å². The van der Waals surface area contributed by atoms with Gasteiger partial charge in [-0.3, -0.25) is 0 Å². The second kappa shape index (κ2) is 8.20. The van der Waals surface area contributed by atoms with Gasteiger partial charge < -0.3 is 19.9 Å². The minimum atomic E-state index is -0.493. The van der Waals surface area contributed by atoms with Crippen LogP contribution >= 0.6 is 0 Å². The molecule has 0 fully saturated rings. The number of benzene rings is 1. The second-order valence-electron chi connectivity index (χ2n) is 5.64. The number of halogens is 1. The number of carbonyl (C=O) groups is 1. The first kappa shape index (κ1) is 18.3. The number of aryl methyl sites for hydroxylation is 2. The Balaban J connectivity index is 2.00. The number of nitrogens with zero attached hydrogens (tertiary/aromatic N) is 1. The molecule has 0 saturated carbocycles. The minimum Gasteiger partial charge on any atom is -0.479 e. The molecule has 0 aliphatic carbocycles. The summed E-state index contributed by atoms with van der Waals surface area (Å²) in [4.78, 5) is 12.2. The molecule has 1 heterocycles. The number of carbonyl (C=O) groups excluding carboxylic acids is 1. The number of urea groups is 1. The third kappa shape index (κ3) is 4.98. The first-order valence-electron chi connectivity index (χ1n) is 7.75. The lowest BCUT2D eigenvalue weighted by atomic mass is 10.1. The summed E-state index contributed by atoms with van der Waals surface area (Å²) in [7, 11) is 0. The lowest BCUT2D eigenvalue weighted by Gasteiger charge is -2.16. The Morgan fingerprint density at radius 3 is 2.88 bits per heavy atom. The van der Waals surface area contributed by atoms with E-state index in [0.29, 0.717) is 12.2 Å². The van der Waals surface area contributed by atoms with Crippen LogP contribution in [0.2, 0.25) is 0 Å². The van der Waals surface area contributed by atoms with Crippen molar-refractivity contribution >= 4 is 11.7 Å². The van der Waals surface area contributed by atoms with Crippen LogP contribution in [0, 0.1) is 32.0 Å². The van der Waals surface area contributed by atoms with Gasteiger partial charge in [0.1, 0.15) is 23.9 Å². The van der Waals surface area contributed by atoms with Gasteiger partial charge in [0.05, 0.1) is 11.4 Å². The van der Waals surface area contributed by atoms with E-state index in [2.05, 4.69) is 21.7 Å². The Morgan fingerprint density at radius 1 is 1.48 bits per heavy atom. The number of nitrogens with one attached hydrogen (secondary N) is 2. The monoisotopic (exact) mass is 345 g/mol. The zero-order valence-electron chi connectivity index (χ0n) is 14.4. The predicted molar refractivity (Wildman–Crippen MR) is 92.0 cm³/mol. The highest BCUT2D eigenvalue weighted by atomic mass is 19.1. The Kier molecular flexibility index (Phi) is 6.01. The van der Waals surface area contributed by atoms with Gasteiger partial charge in [0, 0.05) is 17.7 Å². The third-order valence-corrected chi connectivity index (χ3v) is 3.57. The Hall–Kier alpha value is -3.01. The van der Waals surface area contributed by atoms with Crippen LogP contribution in [-0.2, 0) is 6.42 Å². The van der Waals surface area contributed by atoms with Crippen molar-refractivity contribution in [2.75, 3.05) is 11.9 Å². The number of amides is 2. The van der Waals surface area contributed by atoms with Crippen LogP contribution < -0.4 is 15.4 Å². The molecule has 0 bridgehead atoms. The number of hydrogen-bond acceptors (Lipinski definition) is 4. The van der Waals surface area contributed by atoms with Crippen LogP contribution in [0.4, 0.5) is 14.9 Å². The molecular weight excluding hydrogens is 325 g/mol. The van der Waals surface area contributed by atoms with Crippen molar-refractivity contribution in [2.24, 2.45) is 0 Å². The van der Waals surface area contributed by atoms with Gasteiger partial charge in [-0.15, -0.1) is 6.42 Å². The number of anilines is 1. The van der Waals surface area contributed by atoms with E-state index in [0.717, 1.165) is 17.0 Å². The fourth-order valence-corrected chi connectivity index (χ4v) is 2.38. The Labute approximate surface area is 145 Å². The fourth-order valence-electron chi connectivity index (χ4n) is 2.38. The summed E-state index contributed by atoms with van der Waals surface area (Å²) in [5.74, 6) is 2.85. The van der Waals surface area contributed by atoms with E-state index >= 15 is 0 Å². The average molecular weight is 345 g/mol. The summed E-state index contributed by atoms with van der Waals surface area (Å²) < 4.78 is 23.8. The largest absolute Gasteiger partial charge is 0.479 e. The smallest absolute Gasteiger partial charge is 0.319 e. The normalized spacial score (nSPS) is 11.5. The fraction of sp³-hybridized carbons (Fsp3) is 0.333. The predicted octanol–water partition coefficient (Wildman–Crippen LogP) is 3.20. The van der Waals surface area contributed by atoms with Gasteiger partial charge in [0.25, 0.3) is 0 Å². The van der Waals surface area contributed by atoms with Gasteiger partial charge in [-0.2, -0.15) is 0 Å². The Bertz CT molecular complexity index is 776. The summed E-state index contributed by atoms with van der Waals surface area (Å²) in [6.07, 6.45) is 5.72. The van der Waals surface area contributed by atoms with E-state index < -0.39 is 11.8 Å². The maximum Gasteiger partial charge on any atom is 0.319 e. The lowest BCUT2D eigenvalue weighted by molar-refractivity contribution is 0.249. The average Bonchev–Trinajstić information content (AvgIpc) is 2.86. The summed E-state index contributed by atoms with van der Waals surface area (Å²) in [5, 5.41) is 9.25. The molecule has 1 aromatic carbocycles. The number of hydrogen-bond donors (Lipinski definition) is 2. The van der Waals surface area contributed by atoms with Crippen molar-refractivity contribution in [1.29, 1.82) is 0 Å². The van der Waals surface area contributed by atoms with Gasteiger partial charge in [0.2, 0.25) is 0 Å². The van der Waals surface area contributed by atoms with E-state index in [-0.39, 0.29) is 18.3 Å². The van der Waals surface area contributed by atoms with Crippen molar-refractivity contribution < 1.29 is 18.4 Å². The van der Waals surface area contributed by atoms with Crippen molar-refractivity contribution in [2.45, 2.75) is 33.2 Å². The highest BCUT2D eigenvalue weighted by molar-refractivity contribution is 5.91. The maximum absolute atomic E-state index is 13.4. The molecular formula is C18H20FN3O3. The standard InChI is InChI=1S/C18H20FN3O3/c1-5-8-24-17-7-6-14(19)10-16(17)21-18(23)20-11(2)9-15-12(3)22-25-13(15)4/h1,6-7,10-11H,8-9H2,2-4H3,(H2,20,21,23)/t11-/m1/s1. The molecule has 0 unspecified atom stereocenters. The van der Waals surface area contributed by atoms with Crippen LogP contribution in [0.1, 0.15) is 23.9 Å². The molecule has 2 rings (SSSR count). The summed E-state index contributed by atoms with van der Waals surface area (Å²) in [6, 6.07) is 3.16. The van der Waals surface area contributed by atoms with Crippen LogP contribution in [0.5, 0.6) is 5.75 Å². The quantitative estimate of drug-likeness (QED) is 0.788. The highest BCUT2D eigenvalue weighted by Crippen LogP contribution is 2.25. The molecule has 7 heteroatoms.